The van der Waals surface area contributed by atoms with Crippen LogP contribution in [0.5, 0.6) is 0 Å². The summed E-state index contributed by atoms with van der Waals surface area (Å²) in [5.74, 6) is 0. The standard InChI is InChI=1S/C17H18ClN5O2/c1-17(2,3)25-16(24)22-14-8-9-20-15(12(14)10-21-23-19)11-6-4-5-7-13(11)18/h4-9H,10H2,1-3H3,(H,20,22,24). The number of aromatic nitrogens is 1. The van der Waals surface area contributed by atoms with Gasteiger partial charge in [0.25, 0.3) is 0 Å². The van der Waals surface area contributed by atoms with Crippen LogP contribution in [-0.4, -0.2) is 16.7 Å². The van der Waals surface area contributed by atoms with Crippen molar-refractivity contribution in [2.45, 2.75) is 32.9 Å². The second kappa shape index (κ2) is 7.88. The molecule has 0 unspecified atom stereocenters. The number of hydrogen-bond donors (Lipinski definition) is 1. The van der Waals surface area contributed by atoms with Crippen molar-refractivity contribution >= 4 is 23.4 Å². The molecule has 0 atom stereocenters. The molecule has 0 aliphatic rings. The molecular weight excluding hydrogens is 342 g/mol. The fourth-order valence-electron chi connectivity index (χ4n) is 2.17. The highest BCUT2D eigenvalue weighted by Crippen LogP contribution is 2.32. The van der Waals surface area contributed by atoms with Crippen LogP contribution >= 0.6 is 11.6 Å². The Kier molecular flexibility index (Phi) is 5.85. The highest BCUT2D eigenvalue weighted by molar-refractivity contribution is 6.33. The minimum Gasteiger partial charge on any atom is -0.444 e. The van der Waals surface area contributed by atoms with Crippen LogP contribution in [0.4, 0.5) is 10.5 Å². The fraction of sp³-hybridized carbons (Fsp3) is 0.294. The van der Waals surface area contributed by atoms with E-state index in [0.29, 0.717) is 27.5 Å². The van der Waals surface area contributed by atoms with Gasteiger partial charge in [-0.25, -0.2) is 4.79 Å². The van der Waals surface area contributed by atoms with Gasteiger partial charge in [-0.05, 0) is 38.4 Å². The van der Waals surface area contributed by atoms with E-state index in [2.05, 4.69) is 20.3 Å². The molecule has 0 spiro atoms. The molecule has 0 aliphatic heterocycles. The summed E-state index contributed by atoms with van der Waals surface area (Å²) in [6.07, 6.45) is 0.941. The van der Waals surface area contributed by atoms with Crippen LogP contribution in [0.2, 0.25) is 5.02 Å². The number of anilines is 1. The summed E-state index contributed by atoms with van der Waals surface area (Å²) in [6, 6.07) is 8.80. The second-order valence-corrected chi connectivity index (χ2v) is 6.59. The smallest absolute Gasteiger partial charge is 0.412 e. The van der Waals surface area contributed by atoms with Gasteiger partial charge in [0.05, 0.1) is 17.9 Å². The molecule has 1 aromatic carbocycles. The summed E-state index contributed by atoms with van der Waals surface area (Å²) < 4.78 is 5.27. The molecule has 1 heterocycles. The summed E-state index contributed by atoms with van der Waals surface area (Å²) in [5.41, 5.74) is 10.3. The average molecular weight is 360 g/mol. The molecule has 0 bridgehead atoms. The first-order valence-corrected chi connectivity index (χ1v) is 7.93. The van der Waals surface area contributed by atoms with Crippen LogP contribution < -0.4 is 5.32 Å². The Hall–Kier alpha value is -2.76. The lowest BCUT2D eigenvalue weighted by atomic mass is 10.0. The van der Waals surface area contributed by atoms with Crippen LogP contribution in [0.25, 0.3) is 21.7 Å². The highest BCUT2D eigenvalue weighted by Gasteiger charge is 2.19. The van der Waals surface area contributed by atoms with Crippen LogP contribution in [-0.2, 0) is 11.3 Å². The van der Waals surface area contributed by atoms with Crippen molar-refractivity contribution in [1.82, 2.24) is 4.98 Å². The zero-order valence-electron chi connectivity index (χ0n) is 14.2. The summed E-state index contributed by atoms with van der Waals surface area (Å²) >= 11 is 6.25. The van der Waals surface area contributed by atoms with Gasteiger partial charge < -0.3 is 4.74 Å². The summed E-state index contributed by atoms with van der Waals surface area (Å²) in [4.78, 5) is 19.2. The van der Waals surface area contributed by atoms with Crippen LogP contribution in [0.3, 0.4) is 0 Å². The van der Waals surface area contributed by atoms with E-state index in [-0.39, 0.29) is 6.54 Å². The molecule has 7 nitrogen and oxygen atoms in total. The molecule has 0 radical (unpaired) electrons. The van der Waals surface area contributed by atoms with E-state index < -0.39 is 11.7 Å². The lowest BCUT2D eigenvalue weighted by Crippen LogP contribution is -2.27. The van der Waals surface area contributed by atoms with Crippen LogP contribution in [0.1, 0.15) is 26.3 Å². The number of carbonyl (C=O) groups excluding carboxylic acids is 1. The van der Waals surface area contributed by atoms with Gasteiger partial charge in [0.15, 0.2) is 0 Å². The van der Waals surface area contributed by atoms with Crippen LogP contribution in [0.15, 0.2) is 41.6 Å². The number of nitrogens with zero attached hydrogens (tertiary/aromatic N) is 4. The molecule has 0 fully saturated rings. The van der Waals surface area contributed by atoms with Crippen molar-refractivity contribution < 1.29 is 9.53 Å². The fourth-order valence-corrected chi connectivity index (χ4v) is 2.40. The molecule has 1 amide bonds. The van der Waals surface area contributed by atoms with E-state index in [9.17, 15) is 4.79 Å². The monoisotopic (exact) mass is 359 g/mol. The van der Waals surface area contributed by atoms with Gasteiger partial charge in [0, 0.05) is 27.3 Å². The molecular formula is C17H18ClN5O2. The van der Waals surface area contributed by atoms with Gasteiger partial charge in [-0.3, -0.25) is 10.3 Å². The lowest BCUT2D eigenvalue weighted by molar-refractivity contribution is 0.0636. The molecule has 0 aliphatic carbocycles. The normalized spacial score (nSPS) is 10.7. The molecule has 25 heavy (non-hydrogen) atoms. The second-order valence-electron chi connectivity index (χ2n) is 6.18. The Morgan fingerprint density at radius 2 is 2.08 bits per heavy atom. The minimum absolute atomic E-state index is 0.00995. The number of amides is 1. The molecule has 2 aromatic rings. The molecule has 0 saturated carbocycles. The zero-order valence-corrected chi connectivity index (χ0v) is 14.9. The largest absolute Gasteiger partial charge is 0.444 e. The summed E-state index contributed by atoms with van der Waals surface area (Å²) in [7, 11) is 0. The Labute approximate surface area is 150 Å². The Morgan fingerprint density at radius 1 is 1.36 bits per heavy atom. The first kappa shape index (κ1) is 18.6. The first-order chi connectivity index (χ1) is 11.8. The maximum Gasteiger partial charge on any atom is 0.412 e. The number of nitrogens with one attached hydrogen (secondary N) is 1. The quantitative estimate of drug-likeness (QED) is 0.439. The maximum atomic E-state index is 12.1. The number of pyridine rings is 1. The van der Waals surface area contributed by atoms with Crippen molar-refractivity contribution in [3.63, 3.8) is 0 Å². The number of hydrogen-bond acceptors (Lipinski definition) is 4. The van der Waals surface area contributed by atoms with Gasteiger partial charge in [-0.2, -0.15) is 0 Å². The van der Waals surface area contributed by atoms with Gasteiger partial charge in [0.1, 0.15) is 5.60 Å². The minimum atomic E-state index is -0.631. The number of ether oxygens (including phenoxy) is 1. The van der Waals surface area contributed by atoms with Gasteiger partial charge in [-0.1, -0.05) is 34.9 Å². The molecule has 1 N–H and O–H groups in total. The van der Waals surface area contributed by atoms with Crippen molar-refractivity contribution in [1.29, 1.82) is 0 Å². The molecule has 1 aromatic heterocycles. The van der Waals surface area contributed by atoms with E-state index in [1.54, 1.807) is 39.1 Å². The predicted octanol–water partition coefficient (Wildman–Crippen LogP) is 5.56. The van der Waals surface area contributed by atoms with Crippen molar-refractivity contribution in [2.24, 2.45) is 5.11 Å². The maximum absolute atomic E-state index is 12.1. The van der Waals surface area contributed by atoms with Crippen molar-refractivity contribution in [3.05, 3.63) is 57.6 Å². The van der Waals surface area contributed by atoms with E-state index in [4.69, 9.17) is 21.9 Å². The van der Waals surface area contributed by atoms with E-state index in [1.807, 2.05) is 18.2 Å². The summed E-state index contributed by atoms with van der Waals surface area (Å²) in [5, 5.41) is 6.79. The summed E-state index contributed by atoms with van der Waals surface area (Å²) in [6.45, 7) is 5.33. The van der Waals surface area contributed by atoms with Gasteiger partial charge in [0.2, 0.25) is 0 Å². The topological polar surface area (TPSA) is 100.0 Å². The zero-order chi connectivity index (χ0) is 18.4. The number of halogens is 1. The van der Waals surface area contributed by atoms with Crippen LogP contribution in [0, 0.1) is 0 Å². The first-order valence-electron chi connectivity index (χ1n) is 7.55. The van der Waals surface area contributed by atoms with Crippen molar-refractivity contribution in [2.75, 3.05) is 5.32 Å². The van der Waals surface area contributed by atoms with E-state index in [0.717, 1.165) is 0 Å². The molecule has 0 saturated heterocycles. The number of rotatable bonds is 4. The van der Waals surface area contributed by atoms with Gasteiger partial charge >= 0.3 is 6.09 Å². The van der Waals surface area contributed by atoms with E-state index >= 15 is 0 Å². The number of azide groups is 1. The Morgan fingerprint density at radius 3 is 2.72 bits per heavy atom. The Balaban J connectivity index is 2.47. The Bertz CT molecular complexity index is 826. The van der Waals surface area contributed by atoms with Gasteiger partial charge in [-0.15, -0.1) is 0 Å². The number of benzene rings is 1. The average Bonchev–Trinajstić information content (AvgIpc) is 2.52. The van der Waals surface area contributed by atoms with Crippen molar-refractivity contribution in [3.8, 4) is 11.3 Å². The lowest BCUT2D eigenvalue weighted by Gasteiger charge is -2.21. The predicted molar refractivity (Wildman–Crippen MR) is 97.4 cm³/mol. The van der Waals surface area contributed by atoms with E-state index in [1.165, 1.54) is 0 Å². The third-order valence-corrected chi connectivity index (χ3v) is 3.44. The SMILES string of the molecule is CC(C)(C)OC(=O)Nc1ccnc(-c2ccccc2Cl)c1CN=[N+]=[N-]. The number of carbonyl (C=O) groups is 1. The highest BCUT2D eigenvalue weighted by atomic mass is 35.5. The third-order valence-electron chi connectivity index (χ3n) is 3.11. The molecule has 8 heteroatoms. The molecule has 130 valence electrons. The molecule has 2 rings (SSSR count). The third kappa shape index (κ3) is 5.11.